The SMILES string of the molecule is O=C(CN1CCOc2ccccc2C1)N(CC=Cc1ccccc1)CC1CCCO1. The van der Waals surface area contributed by atoms with E-state index in [1.54, 1.807) is 0 Å². The Bertz CT molecular complexity index is 846. The molecule has 1 atom stereocenters. The number of ether oxygens (including phenoxy) is 2. The number of fused-ring (bicyclic) bond motifs is 1. The van der Waals surface area contributed by atoms with Crippen LogP contribution in [0.15, 0.2) is 60.7 Å². The smallest absolute Gasteiger partial charge is 0.237 e. The minimum absolute atomic E-state index is 0.141. The van der Waals surface area contributed by atoms with Gasteiger partial charge in [-0.15, -0.1) is 0 Å². The zero-order valence-corrected chi connectivity index (χ0v) is 17.4. The van der Waals surface area contributed by atoms with Crippen molar-refractivity contribution in [3.05, 3.63) is 71.8 Å². The number of rotatable bonds is 7. The molecule has 4 rings (SSSR count). The van der Waals surface area contributed by atoms with Gasteiger partial charge in [-0.05, 0) is 24.5 Å². The van der Waals surface area contributed by atoms with Crippen LogP contribution in [0.5, 0.6) is 5.75 Å². The van der Waals surface area contributed by atoms with Crippen molar-refractivity contribution in [2.45, 2.75) is 25.5 Å². The quantitative estimate of drug-likeness (QED) is 0.705. The standard InChI is InChI=1S/C25H30N2O3/c28-25(20-26-15-17-30-24-13-5-4-11-22(24)18-26)27(19-23-12-7-16-29-23)14-6-10-21-8-2-1-3-9-21/h1-6,8-11,13,23H,7,12,14-20H2. The summed E-state index contributed by atoms with van der Waals surface area (Å²) in [4.78, 5) is 17.3. The Morgan fingerprint density at radius 2 is 1.93 bits per heavy atom. The Labute approximate surface area is 178 Å². The zero-order chi connectivity index (χ0) is 20.6. The second-order valence-electron chi connectivity index (χ2n) is 7.91. The van der Waals surface area contributed by atoms with Gasteiger partial charge in [0.2, 0.25) is 5.91 Å². The van der Waals surface area contributed by atoms with Crippen molar-refractivity contribution in [2.24, 2.45) is 0 Å². The van der Waals surface area contributed by atoms with E-state index >= 15 is 0 Å². The van der Waals surface area contributed by atoms with Crippen molar-refractivity contribution in [1.29, 1.82) is 0 Å². The first-order chi connectivity index (χ1) is 14.8. The fourth-order valence-corrected chi connectivity index (χ4v) is 4.00. The molecule has 0 N–H and O–H groups in total. The predicted molar refractivity (Wildman–Crippen MR) is 118 cm³/mol. The second kappa shape index (κ2) is 10.4. The molecule has 0 saturated carbocycles. The third kappa shape index (κ3) is 5.71. The Morgan fingerprint density at radius 3 is 2.77 bits per heavy atom. The predicted octanol–water partition coefficient (Wildman–Crippen LogP) is 3.60. The summed E-state index contributed by atoms with van der Waals surface area (Å²) in [5.41, 5.74) is 2.28. The summed E-state index contributed by atoms with van der Waals surface area (Å²) in [6.07, 6.45) is 6.39. The highest BCUT2D eigenvalue weighted by molar-refractivity contribution is 5.78. The van der Waals surface area contributed by atoms with E-state index in [0.29, 0.717) is 26.2 Å². The molecular weight excluding hydrogens is 376 g/mol. The highest BCUT2D eigenvalue weighted by Crippen LogP contribution is 2.22. The molecule has 0 spiro atoms. The van der Waals surface area contributed by atoms with E-state index in [4.69, 9.17) is 9.47 Å². The van der Waals surface area contributed by atoms with Crippen LogP contribution in [0.1, 0.15) is 24.0 Å². The highest BCUT2D eigenvalue weighted by atomic mass is 16.5. The van der Waals surface area contributed by atoms with Gasteiger partial charge in [0.1, 0.15) is 12.4 Å². The van der Waals surface area contributed by atoms with Crippen LogP contribution in [-0.2, 0) is 16.1 Å². The summed E-state index contributed by atoms with van der Waals surface area (Å²) in [5.74, 6) is 1.07. The van der Waals surface area contributed by atoms with Crippen LogP contribution in [-0.4, -0.2) is 61.2 Å². The summed E-state index contributed by atoms with van der Waals surface area (Å²) in [6.45, 7) is 4.51. The number of carbonyl (C=O) groups excluding carboxylic acids is 1. The Balaban J connectivity index is 1.40. The Kier molecular flexibility index (Phi) is 7.16. The maximum Gasteiger partial charge on any atom is 0.237 e. The summed E-state index contributed by atoms with van der Waals surface area (Å²) in [7, 11) is 0. The number of benzene rings is 2. The lowest BCUT2D eigenvalue weighted by Crippen LogP contribution is -2.44. The van der Waals surface area contributed by atoms with E-state index in [1.807, 2.05) is 41.3 Å². The molecular formula is C25H30N2O3. The molecule has 5 nitrogen and oxygen atoms in total. The molecule has 2 aromatic rings. The molecule has 158 valence electrons. The first-order valence-electron chi connectivity index (χ1n) is 10.8. The maximum atomic E-state index is 13.2. The molecule has 2 aromatic carbocycles. The van der Waals surface area contributed by atoms with Gasteiger partial charge in [-0.2, -0.15) is 0 Å². The molecule has 0 aliphatic carbocycles. The number of amides is 1. The van der Waals surface area contributed by atoms with Crippen molar-refractivity contribution >= 4 is 12.0 Å². The highest BCUT2D eigenvalue weighted by Gasteiger charge is 2.24. The van der Waals surface area contributed by atoms with Gasteiger partial charge >= 0.3 is 0 Å². The van der Waals surface area contributed by atoms with Crippen LogP contribution in [0.4, 0.5) is 0 Å². The Morgan fingerprint density at radius 1 is 1.10 bits per heavy atom. The first kappa shape index (κ1) is 20.6. The van der Waals surface area contributed by atoms with Gasteiger partial charge in [-0.3, -0.25) is 9.69 Å². The van der Waals surface area contributed by atoms with Crippen LogP contribution in [0.25, 0.3) is 6.08 Å². The van der Waals surface area contributed by atoms with Crippen LogP contribution in [0.2, 0.25) is 0 Å². The van der Waals surface area contributed by atoms with Crippen molar-refractivity contribution in [3.8, 4) is 5.75 Å². The van der Waals surface area contributed by atoms with Crippen molar-refractivity contribution in [2.75, 3.05) is 39.4 Å². The number of hydrogen-bond acceptors (Lipinski definition) is 4. The zero-order valence-electron chi connectivity index (χ0n) is 17.4. The molecule has 2 aliphatic heterocycles. The summed E-state index contributed by atoms with van der Waals surface area (Å²) in [5, 5.41) is 0. The fraction of sp³-hybridized carbons (Fsp3) is 0.400. The molecule has 2 heterocycles. The molecule has 0 radical (unpaired) electrons. The molecule has 0 aromatic heterocycles. The summed E-state index contributed by atoms with van der Waals surface area (Å²) >= 11 is 0. The number of carbonyl (C=O) groups is 1. The number of hydrogen-bond donors (Lipinski definition) is 0. The largest absolute Gasteiger partial charge is 0.492 e. The van der Waals surface area contributed by atoms with Gasteiger partial charge < -0.3 is 14.4 Å². The average molecular weight is 407 g/mol. The van der Waals surface area contributed by atoms with Gasteiger partial charge in [0, 0.05) is 38.3 Å². The normalized spacial score (nSPS) is 19.3. The van der Waals surface area contributed by atoms with Gasteiger partial charge in [-0.25, -0.2) is 0 Å². The fourth-order valence-electron chi connectivity index (χ4n) is 4.00. The lowest BCUT2D eigenvalue weighted by molar-refractivity contribution is -0.133. The Hall–Kier alpha value is -2.63. The van der Waals surface area contributed by atoms with Gasteiger partial charge in [-0.1, -0.05) is 60.7 Å². The summed E-state index contributed by atoms with van der Waals surface area (Å²) < 4.78 is 11.6. The molecule has 5 heteroatoms. The molecule has 1 amide bonds. The molecule has 1 saturated heterocycles. The van der Waals surface area contributed by atoms with Crippen LogP contribution in [0.3, 0.4) is 0 Å². The number of para-hydroxylation sites is 1. The molecule has 2 aliphatic rings. The molecule has 30 heavy (non-hydrogen) atoms. The minimum atomic E-state index is 0.141. The second-order valence-corrected chi connectivity index (χ2v) is 7.91. The van der Waals surface area contributed by atoms with Gasteiger partial charge in [0.05, 0.1) is 12.6 Å². The van der Waals surface area contributed by atoms with Gasteiger partial charge in [0.25, 0.3) is 0 Å². The van der Waals surface area contributed by atoms with Crippen LogP contribution >= 0.6 is 0 Å². The van der Waals surface area contributed by atoms with Crippen LogP contribution < -0.4 is 4.74 Å². The monoisotopic (exact) mass is 406 g/mol. The lowest BCUT2D eigenvalue weighted by atomic mass is 10.2. The van der Waals surface area contributed by atoms with Crippen molar-refractivity contribution < 1.29 is 14.3 Å². The summed E-state index contributed by atoms with van der Waals surface area (Å²) in [6, 6.07) is 18.3. The minimum Gasteiger partial charge on any atom is -0.492 e. The third-order valence-electron chi connectivity index (χ3n) is 5.63. The van der Waals surface area contributed by atoms with Crippen molar-refractivity contribution in [1.82, 2.24) is 9.80 Å². The third-order valence-corrected chi connectivity index (χ3v) is 5.63. The topological polar surface area (TPSA) is 42.0 Å². The van der Waals surface area contributed by atoms with Crippen LogP contribution in [0, 0.1) is 0 Å². The van der Waals surface area contributed by atoms with Gasteiger partial charge in [0.15, 0.2) is 0 Å². The van der Waals surface area contributed by atoms with E-state index in [9.17, 15) is 4.79 Å². The number of nitrogens with zero attached hydrogens (tertiary/aromatic N) is 2. The molecule has 0 bridgehead atoms. The first-order valence-corrected chi connectivity index (χ1v) is 10.8. The van der Waals surface area contributed by atoms with Crippen molar-refractivity contribution in [3.63, 3.8) is 0 Å². The average Bonchev–Trinajstić information content (AvgIpc) is 3.19. The molecule has 1 unspecified atom stereocenters. The van der Waals surface area contributed by atoms with E-state index in [-0.39, 0.29) is 12.0 Å². The molecule has 1 fully saturated rings. The maximum absolute atomic E-state index is 13.2. The van der Waals surface area contributed by atoms with E-state index in [2.05, 4.69) is 35.3 Å². The van der Waals surface area contributed by atoms with E-state index < -0.39 is 0 Å². The lowest BCUT2D eigenvalue weighted by Gasteiger charge is -2.27. The van der Waals surface area contributed by atoms with E-state index in [1.165, 1.54) is 0 Å². The van der Waals surface area contributed by atoms with E-state index in [0.717, 1.165) is 49.4 Å².